The van der Waals surface area contributed by atoms with Crippen LogP contribution in [0.2, 0.25) is 0 Å². The summed E-state index contributed by atoms with van der Waals surface area (Å²) in [5.41, 5.74) is 0. The summed E-state index contributed by atoms with van der Waals surface area (Å²) in [4.78, 5) is 19.0. The molecule has 0 radical (unpaired) electrons. The quantitative estimate of drug-likeness (QED) is 0.354. The highest BCUT2D eigenvalue weighted by Gasteiger charge is 2.43. The second-order valence-corrected chi connectivity index (χ2v) is 8.89. The van der Waals surface area contributed by atoms with Gasteiger partial charge in [0.15, 0.2) is 5.96 Å². The Hall–Kier alpha value is -0.530. The van der Waals surface area contributed by atoms with Crippen LogP contribution in [-0.4, -0.2) is 48.5 Å². The molecule has 0 bridgehead atoms. The Kier molecular flexibility index (Phi) is 7.68. The van der Waals surface area contributed by atoms with Gasteiger partial charge in [0.1, 0.15) is 0 Å². The van der Waals surface area contributed by atoms with Crippen molar-refractivity contribution in [2.24, 2.45) is 22.7 Å². The van der Waals surface area contributed by atoms with Crippen molar-refractivity contribution in [2.45, 2.75) is 83.2 Å². The van der Waals surface area contributed by atoms with Gasteiger partial charge < -0.3 is 15.5 Å². The molecule has 1 saturated heterocycles. The van der Waals surface area contributed by atoms with Crippen LogP contribution in [0.4, 0.5) is 0 Å². The molecule has 2 N–H and O–H groups in total. The van der Waals surface area contributed by atoms with E-state index in [-0.39, 0.29) is 24.0 Å². The maximum absolute atomic E-state index is 12.2. The van der Waals surface area contributed by atoms with Crippen molar-refractivity contribution in [1.82, 2.24) is 15.5 Å². The molecule has 1 amide bonds. The average Bonchev–Trinajstić information content (AvgIpc) is 3.57. The van der Waals surface area contributed by atoms with E-state index < -0.39 is 0 Å². The molecule has 27 heavy (non-hydrogen) atoms. The minimum absolute atomic E-state index is 0. The molecule has 0 aromatic heterocycles. The van der Waals surface area contributed by atoms with Gasteiger partial charge in [-0.1, -0.05) is 32.1 Å². The van der Waals surface area contributed by atoms with E-state index >= 15 is 0 Å². The van der Waals surface area contributed by atoms with Crippen LogP contribution in [0.3, 0.4) is 0 Å². The van der Waals surface area contributed by atoms with Crippen LogP contribution in [0.15, 0.2) is 4.99 Å². The molecule has 3 aliphatic carbocycles. The van der Waals surface area contributed by atoms with E-state index in [2.05, 4.69) is 27.4 Å². The highest BCUT2D eigenvalue weighted by Crippen LogP contribution is 2.44. The largest absolute Gasteiger partial charge is 0.354 e. The van der Waals surface area contributed by atoms with Gasteiger partial charge in [0.05, 0.1) is 0 Å². The zero-order valence-electron chi connectivity index (χ0n) is 16.8. The van der Waals surface area contributed by atoms with Crippen LogP contribution in [-0.2, 0) is 4.79 Å². The first kappa shape index (κ1) is 21.2. The van der Waals surface area contributed by atoms with Crippen molar-refractivity contribution in [3.63, 3.8) is 0 Å². The lowest BCUT2D eigenvalue weighted by atomic mass is 9.85. The lowest BCUT2D eigenvalue weighted by molar-refractivity contribution is -0.133. The van der Waals surface area contributed by atoms with Crippen LogP contribution >= 0.6 is 24.0 Å². The predicted molar refractivity (Wildman–Crippen MR) is 120 cm³/mol. The average molecular weight is 488 g/mol. The van der Waals surface area contributed by atoms with Gasteiger partial charge in [0.2, 0.25) is 5.91 Å². The Bertz CT molecular complexity index is 522. The molecule has 4 rings (SSSR count). The lowest BCUT2D eigenvalue weighted by Crippen LogP contribution is -2.50. The summed E-state index contributed by atoms with van der Waals surface area (Å²) in [6, 6.07) is 1.08. The van der Waals surface area contributed by atoms with E-state index in [1.807, 2.05) is 0 Å². The Morgan fingerprint density at radius 2 is 1.70 bits per heavy atom. The van der Waals surface area contributed by atoms with Crippen LogP contribution in [0, 0.1) is 17.8 Å². The van der Waals surface area contributed by atoms with E-state index in [1.165, 1.54) is 38.5 Å². The molecule has 1 aliphatic heterocycles. The second-order valence-electron chi connectivity index (χ2n) is 8.89. The van der Waals surface area contributed by atoms with Gasteiger partial charge in [-0.15, -0.1) is 24.0 Å². The maximum Gasteiger partial charge on any atom is 0.225 e. The standard InChI is InChI=1S/C21H36N4O.HI/c1-2-22-21(24-19-14-18(19)15-6-4-3-5-7-15)23-17-10-12-25(13-11-17)20(26)16-8-9-16;/h15-19H,2-14H2,1H3,(H2,22,23,24);1H. The summed E-state index contributed by atoms with van der Waals surface area (Å²) >= 11 is 0. The maximum atomic E-state index is 12.2. The molecule has 0 aromatic rings. The summed E-state index contributed by atoms with van der Waals surface area (Å²) < 4.78 is 0. The van der Waals surface area contributed by atoms with Gasteiger partial charge in [0, 0.05) is 37.6 Å². The normalized spacial score (nSPS) is 29.8. The number of carbonyl (C=O) groups is 1. The summed E-state index contributed by atoms with van der Waals surface area (Å²) in [6.45, 7) is 4.72. The number of aliphatic imine (C=N–C) groups is 1. The van der Waals surface area contributed by atoms with E-state index in [9.17, 15) is 4.79 Å². The number of nitrogens with one attached hydrogen (secondary N) is 2. The second kappa shape index (κ2) is 9.79. The summed E-state index contributed by atoms with van der Waals surface area (Å²) in [5, 5.41) is 7.36. The monoisotopic (exact) mass is 488 g/mol. The Morgan fingerprint density at radius 1 is 1.00 bits per heavy atom. The van der Waals surface area contributed by atoms with Crippen molar-refractivity contribution in [2.75, 3.05) is 19.6 Å². The zero-order chi connectivity index (χ0) is 17.9. The molecule has 2 atom stereocenters. The first-order valence-corrected chi connectivity index (χ1v) is 11.1. The van der Waals surface area contributed by atoms with Gasteiger partial charge in [0.25, 0.3) is 0 Å². The van der Waals surface area contributed by atoms with Crippen LogP contribution in [0.5, 0.6) is 0 Å². The number of piperidine rings is 1. The zero-order valence-corrected chi connectivity index (χ0v) is 19.1. The van der Waals surface area contributed by atoms with E-state index in [0.29, 0.717) is 23.9 Å². The van der Waals surface area contributed by atoms with Crippen molar-refractivity contribution >= 4 is 35.8 Å². The number of halogens is 1. The molecule has 154 valence electrons. The number of rotatable bonds is 5. The number of nitrogens with zero attached hydrogens (tertiary/aromatic N) is 2. The number of carbonyl (C=O) groups excluding carboxylic acids is 1. The molecule has 6 heteroatoms. The van der Waals surface area contributed by atoms with Crippen molar-refractivity contribution in [3.05, 3.63) is 0 Å². The first-order valence-electron chi connectivity index (χ1n) is 11.1. The molecular formula is C21H37IN4O. The van der Waals surface area contributed by atoms with Crippen molar-refractivity contribution in [3.8, 4) is 0 Å². The molecule has 0 spiro atoms. The highest BCUT2D eigenvalue weighted by atomic mass is 127. The fourth-order valence-corrected chi connectivity index (χ4v) is 4.96. The van der Waals surface area contributed by atoms with Gasteiger partial charge >= 0.3 is 0 Å². The Morgan fingerprint density at radius 3 is 2.33 bits per heavy atom. The van der Waals surface area contributed by atoms with Gasteiger partial charge in [-0.3, -0.25) is 9.79 Å². The van der Waals surface area contributed by atoms with Crippen LogP contribution in [0.25, 0.3) is 0 Å². The third-order valence-electron chi connectivity index (χ3n) is 6.81. The fraction of sp³-hybridized carbons (Fsp3) is 0.905. The van der Waals surface area contributed by atoms with Crippen molar-refractivity contribution < 1.29 is 4.79 Å². The smallest absolute Gasteiger partial charge is 0.225 e. The van der Waals surface area contributed by atoms with Gasteiger partial charge in [-0.2, -0.15) is 0 Å². The fourth-order valence-electron chi connectivity index (χ4n) is 4.96. The summed E-state index contributed by atoms with van der Waals surface area (Å²) in [5.74, 6) is 3.57. The number of likely N-dealkylation sites (tertiary alicyclic amines) is 1. The Labute approximate surface area is 181 Å². The molecule has 3 saturated carbocycles. The molecule has 4 aliphatic rings. The van der Waals surface area contributed by atoms with Crippen molar-refractivity contribution in [1.29, 1.82) is 0 Å². The number of amides is 1. The number of guanidine groups is 1. The minimum Gasteiger partial charge on any atom is -0.354 e. The molecule has 1 heterocycles. The summed E-state index contributed by atoms with van der Waals surface area (Å²) in [7, 11) is 0. The third kappa shape index (κ3) is 5.73. The van der Waals surface area contributed by atoms with Crippen LogP contribution < -0.4 is 10.6 Å². The van der Waals surface area contributed by atoms with Gasteiger partial charge in [-0.05, 0) is 50.9 Å². The first-order chi connectivity index (χ1) is 12.7. The SMILES string of the molecule is CCN=C(NC1CCN(C(=O)C2CC2)CC1)NC1CC1C1CCCCC1.I. The third-order valence-corrected chi connectivity index (χ3v) is 6.81. The number of hydrogen-bond donors (Lipinski definition) is 2. The van der Waals surface area contributed by atoms with Crippen LogP contribution in [0.1, 0.15) is 71.1 Å². The van der Waals surface area contributed by atoms with E-state index in [4.69, 9.17) is 0 Å². The topological polar surface area (TPSA) is 56.7 Å². The van der Waals surface area contributed by atoms with E-state index in [1.54, 1.807) is 0 Å². The summed E-state index contributed by atoms with van der Waals surface area (Å²) in [6.07, 6.45) is 12.8. The predicted octanol–water partition coefficient (Wildman–Crippen LogP) is 3.53. The molecule has 5 nitrogen and oxygen atoms in total. The lowest BCUT2D eigenvalue weighted by Gasteiger charge is -2.33. The Balaban J connectivity index is 0.00000210. The number of hydrogen-bond acceptors (Lipinski definition) is 2. The molecule has 2 unspecified atom stereocenters. The molecule has 0 aromatic carbocycles. The highest BCUT2D eigenvalue weighted by molar-refractivity contribution is 14.0. The molecular weight excluding hydrogens is 451 g/mol. The molecule has 4 fully saturated rings. The van der Waals surface area contributed by atoms with Gasteiger partial charge in [-0.25, -0.2) is 0 Å². The minimum atomic E-state index is 0. The van der Waals surface area contributed by atoms with E-state index in [0.717, 1.165) is 63.1 Å².